The minimum atomic E-state index is -1.13. The maximum atomic E-state index is 13.9. The van der Waals surface area contributed by atoms with E-state index in [4.69, 9.17) is 14.2 Å². The largest absolute Gasteiger partial charge is 0.493 e. The van der Waals surface area contributed by atoms with Gasteiger partial charge in [0, 0.05) is 30.8 Å². The summed E-state index contributed by atoms with van der Waals surface area (Å²) in [6, 6.07) is 2.65. The van der Waals surface area contributed by atoms with E-state index in [1.165, 1.54) is 26.4 Å². The summed E-state index contributed by atoms with van der Waals surface area (Å²) in [4.78, 5) is 29.2. The number of methoxy groups -OCH3 is 1. The van der Waals surface area contributed by atoms with Gasteiger partial charge in [0.15, 0.2) is 11.5 Å². The summed E-state index contributed by atoms with van der Waals surface area (Å²) >= 11 is 0. The molecular weight excluding hydrogens is 540 g/mol. The molecule has 4 bridgehead atoms. The Morgan fingerprint density at radius 2 is 1.81 bits per heavy atom. The number of aliphatic hydroxyl groups is 3. The zero-order valence-corrected chi connectivity index (χ0v) is 24.6. The quantitative estimate of drug-likeness (QED) is 0.310. The number of rotatable bonds is 11. The van der Waals surface area contributed by atoms with Gasteiger partial charge in [-0.3, -0.25) is 9.59 Å². The second kappa shape index (κ2) is 11.8. The van der Waals surface area contributed by atoms with Crippen LogP contribution in [0.15, 0.2) is 23.8 Å². The van der Waals surface area contributed by atoms with Crippen molar-refractivity contribution >= 4 is 11.8 Å². The van der Waals surface area contributed by atoms with Crippen LogP contribution in [0.1, 0.15) is 62.5 Å². The Hall–Kier alpha value is -2.66. The molecule has 2 amide bonds. The van der Waals surface area contributed by atoms with E-state index in [9.17, 15) is 24.9 Å². The molecule has 7 rings (SSSR count). The highest BCUT2D eigenvalue weighted by atomic mass is 16.5. The van der Waals surface area contributed by atoms with Gasteiger partial charge in [0.2, 0.25) is 11.8 Å². The Bertz CT molecular complexity index is 1200. The standard InChI is InChI=1S/C32H44N2O8/c1-3-41-16-26(37)34(17-32-12-18-6-19(13-32)8-20(7-18)14-32)24-11-23(31(39)33-4-5-35)27-22-9-21(15-36)10-25(40-2)29(22)42-30(27)28(24)38/h9-11,18-20,24,27-28,30,35-36,38H,3-8,12-17H2,1-2H3,(H,33,39)/t18?,19?,20?,24-,27+,28+,30+,32?/m1/s1. The molecule has 0 radical (unpaired) electrons. The lowest BCUT2D eigenvalue weighted by atomic mass is 9.49. The number of nitrogens with one attached hydrogen (secondary N) is 1. The van der Waals surface area contributed by atoms with Gasteiger partial charge in [0.05, 0.1) is 32.3 Å². The fourth-order valence-corrected chi connectivity index (χ4v) is 9.10. The second-order valence-corrected chi connectivity index (χ2v) is 13.1. The third-order valence-electron chi connectivity index (χ3n) is 10.3. The van der Waals surface area contributed by atoms with Gasteiger partial charge in [-0.15, -0.1) is 0 Å². The van der Waals surface area contributed by atoms with Crippen LogP contribution in [0.25, 0.3) is 0 Å². The summed E-state index contributed by atoms with van der Waals surface area (Å²) in [6.45, 7) is 2.26. The van der Waals surface area contributed by atoms with E-state index in [2.05, 4.69) is 5.32 Å². The fraction of sp³-hybridized carbons (Fsp3) is 0.688. The zero-order chi connectivity index (χ0) is 29.6. The molecule has 6 aliphatic rings. The van der Waals surface area contributed by atoms with Crippen LogP contribution < -0.4 is 14.8 Å². The molecule has 10 nitrogen and oxygen atoms in total. The van der Waals surface area contributed by atoms with Crippen LogP contribution in [0.2, 0.25) is 0 Å². The molecule has 4 N–H and O–H groups in total. The van der Waals surface area contributed by atoms with Crippen molar-refractivity contribution < 1.29 is 39.1 Å². The number of aliphatic hydroxyl groups excluding tert-OH is 3. The van der Waals surface area contributed by atoms with E-state index in [1.54, 1.807) is 23.1 Å². The van der Waals surface area contributed by atoms with Crippen molar-refractivity contribution in [1.29, 1.82) is 0 Å². The third-order valence-corrected chi connectivity index (χ3v) is 10.3. The average molecular weight is 585 g/mol. The number of carbonyl (C=O) groups excluding carboxylic acids is 2. The Kier molecular flexibility index (Phi) is 8.26. The number of hydrogen-bond acceptors (Lipinski definition) is 8. The van der Waals surface area contributed by atoms with E-state index >= 15 is 0 Å². The first kappa shape index (κ1) is 29.4. The zero-order valence-electron chi connectivity index (χ0n) is 24.6. The van der Waals surface area contributed by atoms with Crippen LogP contribution in [-0.4, -0.2) is 90.3 Å². The molecule has 4 atom stereocenters. The summed E-state index contributed by atoms with van der Waals surface area (Å²) in [5, 5.41) is 34.0. The van der Waals surface area contributed by atoms with Crippen molar-refractivity contribution in [2.75, 3.05) is 40.0 Å². The van der Waals surface area contributed by atoms with Crippen LogP contribution in [0.5, 0.6) is 11.5 Å². The summed E-state index contributed by atoms with van der Waals surface area (Å²) in [7, 11) is 1.51. The smallest absolute Gasteiger partial charge is 0.249 e. The maximum Gasteiger partial charge on any atom is 0.249 e. The summed E-state index contributed by atoms with van der Waals surface area (Å²) < 4.78 is 17.5. The number of amides is 2. The SMILES string of the molecule is CCOCC(=O)N(CC12CC3CC(CC(C3)C1)C2)[C@@H]1C=C(C(=O)NCCO)[C@@H]2c3cc(CO)cc(OC)c3O[C@@H]2[C@H]1O. The van der Waals surface area contributed by atoms with Crippen molar-refractivity contribution in [1.82, 2.24) is 10.2 Å². The van der Waals surface area contributed by atoms with E-state index in [-0.39, 0.29) is 37.7 Å². The van der Waals surface area contributed by atoms with E-state index in [0.29, 0.717) is 59.1 Å². The second-order valence-electron chi connectivity index (χ2n) is 13.1. The van der Waals surface area contributed by atoms with Crippen LogP contribution in [0.4, 0.5) is 0 Å². The molecule has 230 valence electrons. The van der Waals surface area contributed by atoms with Gasteiger partial charge in [0.1, 0.15) is 18.8 Å². The van der Waals surface area contributed by atoms with Crippen molar-refractivity contribution in [3.63, 3.8) is 0 Å². The number of benzene rings is 1. The number of hydrogen-bond donors (Lipinski definition) is 4. The molecule has 10 heteroatoms. The topological polar surface area (TPSA) is 138 Å². The van der Waals surface area contributed by atoms with Crippen LogP contribution >= 0.6 is 0 Å². The Morgan fingerprint density at radius 1 is 1.12 bits per heavy atom. The highest BCUT2D eigenvalue weighted by molar-refractivity contribution is 5.96. The molecular formula is C32H44N2O8. The summed E-state index contributed by atoms with van der Waals surface area (Å²) in [5.41, 5.74) is 1.59. The van der Waals surface area contributed by atoms with Crippen molar-refractivity contribution in [2.24, 2.45) is 23.2 Å². The van der Waals surface area contributed by atoms with Gasteiger partial charge in [-0.2, -0.15) is 0 Å². The van der Waals surface area contributed by atoms with Crippen molar-refractivity contribution in [3.05, 3.63) is 34.9 Å². The average Bonchev–Trinajstić information content (AvgIpc) is 3.36. The number of carbonyl (C=O) groups is 2. The van der Waals surface area contributed by atoms with Gasteiger partial charge >= 0.3 is 0 Å². The molecule has 0 aromatic heterocycles. The molecule has 0 saturated heterocycles. The molecule has 4 saturated carbocycles. The third kappa shape index (κ3) is 5.20. The molecule has 1 heterocycles. The van der Waals surface area contributed by atoms with Gasteiger partial charge in [-0.05, 0) is 92.4 Å². The van der Waals surface area contributed by atoms with E-state index in [1.807, 2.05) is 6.92 Å². The molecule has 42 heavy (non-hydrogen) atoms. The summed E-state index contributed by atoms with van der Waals surface area (Å²) in [5.74, 6) is 1.64. The molecule has 5 aliphatic carbocycles. The first-order valence-electron chi connectivity index (χ1n) is 15.4. The predicted octanol–water partition coefficient (Wildman–Crippen LogP) is 1.89. The lowest BCUT2D eigenvalue weighted by Gasteiger charge is -2.58. The normalized spacial score (nSPS) is 33.8. The molecule has 1 aromatic carbocycles. The summed E-state index contributed by atoms with van der Waals surface area (Å²) in [6.07, 6.45) is 6.83. The van der Waals surface area contributed by atoms with Gasteiger partial charge in [-0.25, -0.2) is 0 Å². The Morgan fingerprint density at radius 3 is 2.40 bits per heavy atom. The van der Waals surface area contributed by atoms with Gasteiger partial charge in [0.25, 0.3) is 0 Å². The first-order valence-corrected chi connectivity index (χ1v) is 15.4. The Labute approximate surface area is 247 Å². The molecule has 4 fully saturated rings. The molecule has 1 aliphatic heterocycles. The highest BCUT2D eigenvalue weighted by Crippen LogP contribution is 2.60. The highest BCUT2D eigenvalue weighted by Gasteiger charge is 2.55. The molecule has 0 spiro atoms. The molecule has 1 aromatic rings. The fourth-order valence-electron chi connectivity index (χ4n) is 9.10. The van der Waals surface area contributed by atoms with Crippen LogP contribution in [0.3, 0.4) is 0 Å². The minimum Gasteiger partial charge on any atom is -0.493 e. The Balaban J connectivity index is 1.40. The van der Waals surface area contributed by atoms with Gasteiger partial charge < -0.3 is 39.7 Å². The lowest BCUT2D eigenvalue weighted by molar-refractivity contribution is -0.149. The van der Waals surface area contributed by atoms with E-state index in [0.717, 1.165) is 19.3 Å². The minimum absolute atomic E-state index is 0.000905. The maximum absolute atomic E-state index is 13.9. The van der Waals surface area contributed by atoms with E-state index < -0.39 is 30.1 Å². The number of ether oxygens (including phenoxy) is 3. The van der Waals surface area contributed by atoms with Crippen molar-refractivity contribution in [3.8, 4) is 11.5 Å². The first-order chi connectivity index (χ1) is 20.3. The monoisotopic (exact) mass is 584 g/mol. The predicted molar refractivity (Wildman–Crippen MR) is 153 cm³/mol. The van der Waals surface area contributed by atoms with Crippen molar-refractivity contribution in [2.45, 2.75) is 76.2 Å². The van der Waals surface area contributed by atoms with Crippen LogP contribution in [-0.2, 0) is 20.9 Å². The lowest BCUT2D eigenvalue weighted by Crippen LogP contribution is -2.60. The molecule has 0 unspecified atom stereocenters. The number of nitrogens with zero attached hydrogens (tertiary/aromatic N) is 1. The number of fused-ring (bicyclic) bond motifs is 3. The van der Waals surface area contributed by atoms with Crippen LogP contribution in [0, 0.1) is 23.2 Å². The van der Waals surface area contributed by atoms with Gasteiger partial charge in [-0.1, -0.05) is 0 Å².